The molecule has 1 N–H and O–H groups in total. The molecular formula is C19H17Cl2N5O4S. The second kappa shape index (κ2) is 9.99. The van der Waals surface area contributed by atoms with Gasteiger partial charge in [0.2, 0.25) is 5.91 Å². The van der Waals surface area contributed by atoms with Crippen molar-refractivity contribution in [3.8, 4) is 5.75 Å². The Morgan fingerprint density at radius 3 is 2.71 bits per heavy atom. The largest absolute Gasteiger partial charge is 0.481 e. The van der Waals surface area contributed by atoms with Crippen molar-refractivity contribution in [2.45, 2.75) is 18.2 Å². The quantitative estimate of drug-likeness (QED) is 0.276. The molecule has 12 heteroatoms. The number of amides is 1. The fourth-order valence-corrected chi connectivity index (χ4v) is 3.69. The second-order valence-electron chi connectivity index (χ2n) is 6.35. The van der Waals surface area contributed by atoms with Crippen LogP contribution in [0.3, 0.4) is 0 Å². The zero-order valence-electron chi connectivity index (χ0n) is 16.4. The van der Waals surface area contributed by atoms with Gasteiger partial charge in [-0.2, -0.15) is 0 Å². The molecule has 0 saturated heterocycles. The van der Waals surface area contributed by atoms with Gasteiger partial charge in [-0.15, -0.1) is 10.2 Å². The standard InChI is InChI=1S/C19H17Cl2N5O4S/c1-11(30-16-6-4-3-5-14(16)21)18-23-24-19(25(18)2)31-10-17(27)22-15-9-12(26(28)29)7-8-13(15)20/h3-9,11H,10H2,1-2H3,(H,22,27). The molecule has 0 bridgehead atoms. The van der Waals surface area contributed by atoms with Crippen molar-refractivity contribution < 1.29 is 14.5 Å². The molecule has 1 amide bonds. The van der Waals surface area contributed by atoms with Crippen LogP contribution >= 0.6 is 35.0 Å². The molecule has 0 aliphatic carbocycles. The minimum atomic E-state index is -0.562. The summed E-state index contributed by atoms with van der Waals surface area (Å²) in [5, 5.41) is 22.9. The number of non-ortho nitro benzene ring substituents is 1. The molecule has 0 aliphatic heterocycles. The van der Waals surface area contributed by atoms with Crippen LogP contribution in [-0.2, 0) is 11.8 Å². The van der Waals surface area contributed by atoms with E-state index in [0.717, 1.165) is 11.8 Å². The molecular weight excluding hydrogens is 465 g/mol. The molecule has 9 nitrogen and oxygen atoms in total. The summed E-state index contributed by atoms with van der Waals surface area (Å²) in [4.78, 5) is 22.6. The number of rotatable bonds is 8. The maximum Gasteiger partial charge on any atom is 0.271 e. The van der Waals surface area contributed by atoms with Gasteiger partial charge < -0.3 is 14.6 Å². The van der Waals surface area contributed by atoms with E-state index in [1.54, 1.807) is 23.7 Å². The number of aromatic nitrogens is 3. The maximum absolute atomic E-state index is 12.3. The highest BCUT2D eigenvalue weighted by Crippen LogP contribution is 2.29. The molecule has 1 atom stereocenters. The lowest BCUT2D eigenvalue weighted by atomic mass is 10.3. The first-order chi connectivity index (χ1) is 14.8. The molecule has 1 aromatic heterocycles. The van der Waals surface area contributed by atoms with E-state index in [9.17, 15) is 14.9 Å². The van der Waals surface area contributed by atoms with Crippen molar-refractivity contribution in [3.05, 3.63) is 68.4 Å². The van der Waals surface area contributed by atoms with E-state index in [2.05, 4.69) is 15.5 Å². The molecule has 3 aromatic rings. The van der Waals surface area contributed by atoms with Crippen molar-refractivity contribution in [2.24, 2.45) is 7.05 Å². The minimum Gasteiger partial charge on any atom is -0.481 e. The van der Waals surface area contributed by atoms with Gasteiger partial charge in [0, 0.05) is 19.2 Å². The highest BCUT2D eigenvalue weighted by Gasteiger charge is 2.19. The van der Waals surface area contributed by atoms with E-state index in [1.807, 2.05) is 19.1 Å². The Morgan fingerprint density at radius 2 is 2.00 bits per heavy atom. The SMILES string of the molecule is CC(Oc1ccccc1Cl)c1nnc(SCC(=O)Nc2cc([N+](=O)[O-])ccc2Cl)n1C. The number of carbonyl (C=O) groups excluding carboxylic acids is 1. The first-order valence-corrected chi connectivity index (χ1v) is 10.7. The van der Waals surface area contributed by atoms with Gasteiger partial charge >= 0.3 is 0 Å². The Kier molecular flexibility index (Phi) is 7.37. The average molecular weight is 482 g/mol. The van der Waals surface area contributed by atoms with E-state index < -0.39 is 16.9 Å². The number of anilines is 1. The van der Waals surface area contributed by atoms with Gasteiger partial charge in [-0.3, -0.25) is 14.9 Å². The Bertz CT molecular complexity index is 1120. The smallest absolute Gasteiger partial charge is 0.271 e. The number of nitro groups is 1. The monoisotopic (exact) mass is 481 g/mol. The van der Waals surface area contributed by atoms with Gasteiger partial charge in [-0.1, -0.05) is 47.1 Å². The topological polar surface area (TPSA) is 112 Å². The molecule has 0 radical (unpaired) electrons. The van der Waals surface area contributed by atoms with E-state index in [0.29, 0.717) is 21.8 Å². The number of hydrogen-bond donors (Lipinski definition) is 1. The van der Waals surface area contributed by atoms with Gasteiger partial charge in [-0.05, 0) is 25.1 Å². The predicted molar refractivity (Wildman–Crippen MR) is 119 cm³/mol. The molecule has 0 aliphatic rings. The fraction of sp³-hybridized carbons (Fsp3) is 0.211. The van der Waals surface area contributed by atoms with Gasteiger partial charge in [0.1, 0.15) is 5.75 Å². The van der Waals surface area contributed by atoms with Crippen molar-refractivity contribution in [1.29, 1.82) is 0 Å². The Balaban J connectivity index is 1.62. The van der Waals surface area contributed by atoms with Gasteiger partial charge in [-0.25, -0.2) is 0 Å². The maximum atomic E-state index is 12.3. The number of nitro benzene ring substituents is 1. The number of benzene rings is 2. The molecule has 3 rings (SSSR count). The van der Waals surface area contributed by atoms with Crippen LogP contribution in [0.15, 0.2) is 47.6 Å². The molecule has 1 heterocycles. The number of hydrogen-bond acceptors (Lipinski definition) is 7. The van der Waals surface area contributed by atoms with Crippen LogP contribution < -0.4 is 10.1 Å². The van der Waals surface area contributed by atoms with Crippen molar-refractivity contribution in [3.63, 3.8) is 0 Å². The Labute approximate surface area is 191 Å². The van der Waals surface area contributed by atoms with Crippen LogP contribution in [-0.4, -0.2) is 31.3 Å². The van der Waals surface area contributed by atoms with E-state index in [1.165, 1.54) is 18.2 Å². The van der Waals surface area contributed by atoms with Crippen LogP contribution in [0.25, 0.3) is 0 Å². The number of nitrogens with one attached hydrogen (secondary N) is 1. The highest BCUT2D eigenvalue weighted by molar-refractivity contribution is 7.99. The third kappa shape index (κ3) is 5.66. The summed E-state index contributed by atoms with van der Waals surface area (Å²) in [5.41, 5.74) is -0.000291. The average Bonchev–Trinajstić information content (AvgIpc) is 3.10. The number of ether oxygens (including phenoxy) is 1. The minimum absolute atomic E-state index is 0.00471. The number of halogens is 2. The van der Waals surface area contributed by atoms with Crippen LogP contribution in [0.1, 0.15) is 18.9 Å². The van der Waals surface area contributed by atoms with Crippen molar-refractivity contribution in [2.75, 3.05) is 11.1 Å². The Hall–Kier alpha value is -2.82. The lowest BCUT2D eigenvalue weighted by Gasteiger charge is -2.15. The fourth-order valence-electron chi connectivity index (χ4n) is 2.63. The summed E-state index contributed by atoms with van der Waals surface area (Å²) < 4.78 is 7.58. The number of carbonyl (C=O) groups is 1. The normalized spacial score (nSPS) is 11.7. The van der Waals surface area contributed by atoms with Gasteiger partial charge in [0.25, 0.3) is 5.69 Å². The first kappa shape index (κ1) is 22.9. The Morgan fingerprint density at radius 1 is 1.26 bits per heavy atom. The molecule has 31 heavy (non-hydrogen) atoms. The van der Waals surface area contributed by atoms with E-state index in [-0.39, 0.29) is 22.2 Å². The third-order valence-electron chi connectivity index (χ3n) is 4.14. The third-order valence-corrected chi connectivity index (χ3v) is 5.80. The van der Waals surface area contributed by atoms with Gasteiger partial charge in [0.15, 0.2) is 17.1 Å². The molecule has 0 fully saturated rings. The molecule has 0 spiro atoms. The second-order valence-corrected chi connectivity index (χ2v) is 8.11. The molecule has 0 saturated carbocycles. The summed E-state index contributed by atoms with van der Waals surface area (Å²) in [7, 11) is 1.76. The summed E-state index contributed by atoms with van der Waals surface area (Å²) in [5.74, 6) is 0.703. The lowest BCUT2D eigenvalue weighted by molar-refractivity contribution is -0.384. The number of thioether (sulfide) groups is 1. The zero-order valence-corrected chi connectivity index (χ0v) is 18.7. The highest BCUT2D eigenvalue weighted by atomic mass is 35.5. The summed E-state index contributed by atoms with van der Waals surface area (Å²) in [6.45, 7) is 1.82. The summed E-state index contributed by atoms with van der Waals surface area (Å²) >= 11 is 13.3. The summed E-state index contributed by atoms with van der Waals surface area (Å²) in [6.07, 6.45) is -0.427. The zero-order chi connectivity index (χ0) is 22.5. The molecule has 2 aromatic carbocycles. The van der Waals surface area contributed by atoms with Gasteiger partial charge in [0.05, 0.1) is 26.4 Å². The first-order valence-electron chi connectivity index (χ1n) is 8.93. The molecule has 162 valence electrons. The van der Waals surface area contributed by atoms with E-state index in [4.69, 9.17) is 27.9 Å². The van der Waals surface area contributed by atoms with Crippen LogP contribution in [0, 0.1) is 10.1 Å². The number of para-hydroxylation sites is 1. The van der Waals surface area contributed by atoms with E-state index >= 15 is 0 Å². The van der Waals surface area contributed by atoms with Crippen LogP contribution in [0.4, 0.5) is 11.4 Å². The number of nitrogens with zero attached hydrogens (tertiary/aromatic N) is 4. The predicted octanol–water partition coefficient (Wildman–Crippen LogP) is 4.90. The van der Waals surface area contributed by atoms with Crippen molar-refractivity contribution in [1.82, 2.24) is 14.8 Å². The molecule has 1 unspecified atom stereocenters. The van der Waals surface area contributed by atoms with Crippen molar-refractivity contribution >= 4 is 52.2 Å². The summed E-state index contributed by atoms with van der Waals surface area (Å²) in [6, 6.07) is 10.9. The van der Waals surface area contributed by atoms with Crippen LogP contribution in [0.5, 0.6) is 5.75 Å². The lowest BCUT2D eigenvalue weighted by Crippen LogP contribution is -2.15. The van der Waals surface area contributed by atoms with Crippen LogP contribution in [0.2, 0.25) is 10.0 Å².